The lowest BCUT2D eigenvalue weighted by atomic mass is 9.97. The number of aliphatic imine (C=N–C) groups is 1. The fourth-order valence-electron chi connectivity index (χ4n) is 1.41. The van der Waals surface area contributed by atoms with Crippen LogP contribution >= 0.6 is 0 Å². The summed E-state index contributed by atoms with van der Waals surface area (Å²) < 4.78 is 5.24. The standard InChI is InChI=1S/C8H17N3O/c9-8(10)11-4-1-7-2-5-12-6-3-7/h7H,1-6H2,(H4,9,10,11). The zero-order valence-corrected chi connectivity index (χ0v) is 7.33. The zero-order valence-electron chi connectivity index (χ0n) is 7.33. The van der Waals surface area contributed by atoms with Crippen LogP contribution in [0.25, 0.3) is 0 Å². The van der Waals surface area contributed by atoms with E-state index in [1.54, 1.807) is 0 Å². The van der Waals surface area contributed by atoms with E-state index in [0.29, 0.717) is 0 Å². The van der Waals surface area contributed by atoms with Crippen molar-refractivity contribution in [1.82, 2.24) is 0 Å². The first kappa shape index (κ1) is 9.32. The molecule has 0 aromatic rings. The molecule has 1 fully saturated rings. The Kier molecular flexibility index (Phi) is 3.87. The molecule has 0 radical (unpaired) electrons. The quantitative estimate of drug-likeness (QED) is 0.466. The van der Waals surface area contributed by atoms with Crippen molar-refractivity contribution in [1.29, 1.82) is 0 Å². The summed E-state index contributed by atoms with van der Waals surface area (Å²) in [5, 5.41) is 0. The lowest BCUT2D eigenvalue weighted by molar-refractivity contribution is 0.0647. The summed E-state index contributed by atoms with van der Waals surface area (Å²) in [6, 6.07) is 0. The van der Waals surface area contributed by atoms with Gasteiger partial charge in [0.25, 0.3) is 0 Å². The second-order valence-corrected chi connectivity index (χ2v) is 3.15. The highest BCUT2D eigenvalue weighted by Crippen LogP contribution is 2.17. The van der Waals surface area contributed by atoms with Gasteiger partial charge in [0.05, 0.1) is 0 Å². The van der Waals surface area contributed by atoms with Gasteiger partial charge in [-0.3, -0.25) is 4.99 Å². The maximum Gasteiger partial charge on any atom is 0.185 e. The van der Waals surface area contributed by atoms with Crippen molar-refractivity contribution in [2.45, 2.75) is 19.3 Å². The van der Waals surface area contributed by atoms with Crippen LogP contribution in [0.5, 0.6) is 0 Å². The number of hydrogen-bond donors (Lipinski definition) is 2. The van der Waals surface area contributed by atoms with Gasteiger partial charge in [-0.05, 0) is 25.2 Å². The first-order chi connectivity index (χ1) is 5.79. The van der Waals surface area contributed by atoms with Gasteiger partial charge in [0.15, 0.2) is 5.96 Å². The molecule has 70 valence electrons. The maximum absolute atomic E-state index is 5.24. The van der Waals surface area contributed by atoms with Gasteiger partial charge in [0, 0.05) is 19.8 Å². The normalized spacial score (nSPS) is 19.0. The van der Waals surface area contributed by atoms with Crippen LogP contribution in [0, 0.1) is 5.92 Å². The Balaban J connectivity index is 2.09. The minimum Gasteiger partial charge on any atom is -0.381 e. The molecule has 1 rings (SSSR count). The van der Waals surface area contributed by atoms with Gasteiger partial charge < -0.3 is 16.2 Å². The Morgan fingerprint density at radius 1 is 1.33 bits per heavy atom. The zero-order chi connectivity index (χ0) is 8.81. The molecule has 1 saturated heterocycles. The molecule has 0 saturated carbocycles. The Morgan fingerprint density at radius 2 is 2.00 bits per heavy atom. The van der Waals surface area contributed by atoms with Crippen molar-refractivity contribution >= 4 is 5.96 Å². The first-order valence-electron chi connectivity index (χ1n) is 4.42. The minimum atomic E-state index is 0.196. The fourth-order valence-corrected chi connectivity index (χ4v) is 1.41. The largest absolute Gasteiger partial charge is 0.381 e. The second kappa shape index (κ2) is 4.98. The minimum absolute atomic E-state index is 0.196. The molecular weight excluding hydrogens is 154 g/mol. The Bertz CT molecular complexity index is 148. The molecule has 0 aromatic carbocycles. The van der Waals surface area contributed by atoms with E-state index in [-0.39, 0.29) is 5.96 Å². The van der Waals surface area contributed by atoms with Crippen molar-refractivity contribution < 1.29 is 4.74 Å². The van der Waals surface area contributed by atoms with Crippen LogP contribution in [0.15, 0.2) is 4.99 Å². The second-order valence-electron chi connectivity index (χ2n) is 3.15. The molecule has 4 nitrogen and oxygen atoms in total. The molecule has 1 heterocycles. The molecule has 0 amide bonds. The SMILES string of the molecule is NC(N)=NCCC1CCOCC1. The smallest absolute Gasteiger partial charge is 0.185 e. The van der Waals surface area contributed by atoms with Crippen LogP contribution in [0.4, 0.5) is 0 Å². The van der Waals surface area contributed by atoms with E-state index < -0.39 is 0 Å². The van der Waals surface area contributed by atoms with E-state index in [1.807, 2.05) is 0 Å². The maximum atomic E-state index is 5.24. The van der Waals surface area contributed by atoms with Crippen molar-refractivity contribution in [2.75, 3.05) is 19.8 Å². The van der Waals surface area contributed by atoms with Crippen LogP contribution in [0.2, 0.25) is 0 Å². The summed E-state index contributed by atoms with van der Waals surface area (Å²) >= 11 is 0. The van der Waals surface area contributed by atoms with Crippen LogP contribution < -0.4 is 11.5 Å². The highest BCUT2D eigenvalue weighted by Gasteiger charge is 2.12. The van der Waals surface area contributed by atoms with E-state index in [0.717, 1.165) is 44.9 Å². The molecule has 0 atom stereocenters. The highest BCUT2D eigenvalue weighted by molar-refractivity contribution is 5.75. The number of hydrogen-bond acceptors (Lipinski definition) is 2. The average Bonchev–Trinajstić information content (AvgIpc) is 2.05. The van der Waals surface area contributed by atoms with Gasteiger partial charge in [-0.1, -0.05) is 0 Å². The van der Waals surface area contributed by atoms with Crippen LogP contribution in [0.1, 0.15) is 19.3 Å². The topological polar surface area (TPSA) is 73.6 Å². The Morgan fingerprint density at radius 3 is 2.58 bits per heavy atom. The van der Waals surface area contributed by atoms with E-state index in [1.165, 1.54) is 0 Å². The van der Waals surface area contributed by atoms with Gasteiger partial charge in [-0.25, -0.2) is 0 Å². The summed E-state index contributed by atoms with van der Waals surface area (Å²) in [5.74, 6) is 0.948. The summed E-state index contributed by atoms with van der Waals surface area (Å²) in [6.07, 6.45) is 3.39. The van der Waals surface area contributed by atoms with E-state index in [9.17, 15) is 0 Å². The van der Waals surface area contributed by atoms with Gasteiger partial charge >= 0.3 is 0 Å². The van der Waals surface area contributed by atoms with Crippen molar-refractivity contribution in [3.8, 4) is 0 Å². The van der Waals surface area contributed by atoms with Gasteiger partial charge in [0.2, 0.25) is 0 Å². The number of ether oxygens (including phenoxy) is 1. The predicted molar refractivity (Wildman–Crippen MR) is 48.8 cm³/mol. The van der Waals surface area contributed by atoms with Gasteiger partial charge in [-0.2, -0.15) is 0 Å². The lowest BCUT2D eigenvalue weighted by Crippen LogP contribution is -2.23. The molecule has 0 aliphatic carbocycles. The molecule has 1 aliphatic heterocycles. The summed E-state index contributed by atoms with van der Waals surface area (Å²) in [7, 11) is 0. The van der Waals surface area contributed by atoms with Gasteiger partial charge in [-0.15, -0.1) is 0 Å². The average molecular weight is 171 g/mol. The molecule has 0 bridgehead atoms. The molecule has 0 spiro atoms. The summed E-state index contributed by atoms with van der Waals surface area (Å²) in [4.78, 5) is 3.95. The molecule has 1 aliphatic rings. The van der Waals surface area contributed by atoms with Crippen molar-refractivity contribution in [3.05, 3.63) is 0 Å². The third kappa shape index (κ3) is 3.57. The number of nitrogens with zero attached hydrogens (tertiary/aromatic N) is 1. The van der Waals surface area contributed by atoms with Crippen LogP contribution in [0.3, 0.4) is 0 Å². The van der Waals surface area contributed by atoms with E-state index in [4.69, 9.17) is 16.2 Å². The van der Waals surface area contributed by atoms with Crippen LogP contribution in [-0.2, 0) is 4.74 Å². The Labute approximate surface area is 73.0 Å². The highest BCUT2D eigenvalue weighted by atomic mass is 16.5. The summed E-state index contributed by atoms with van der Waals surface area (Å²) in [6.45, 7) is 2.55. The number of nitrogens with two attached hydrogens (primary N) is 2. The van der Waals surface area contributed by atoms with Crippen molar-refractivity contribution in [2.24, 2.45) is 22.4 Å². The van der Waals surface area contributed by atoms with E-state index in [2.05, 4.69) is 4.99 Å². The van der Waals surface area contributed by atoms with Gasteiger partial charge in [0.1, 0.15) is 0 Å². The molecule has 0 unspecified atom stereocenters. The van der Waals surface area contributed by atoms with Crippen molar-refractivity contribution in [3.63, 3.8) is 0 Å². The Hall–Kier alpha value is -0.770. The molecule has 4 heteroatoms. The third-order valence-corrected chi connectivity index (χ3v) is 2.17. The van der Waals surface area contributed by atoms with E-state index >= 15 is 0 Å². The third-order valence-electron chi connectivity index (χ3n) is 2.17. The number of guanidine groups is 1. The first-order valence-corrected chi connectivity index (χ1v) is 4.42. The monoisotopic (exact) mass is 171 g/mol. The molecular formula is C8H17N3O. The summed E-state index contributed by atoms with van der Waals surface area (Å²) in [5.41, 5.74) is 10.4. The lowest BCUT2D eigenvalue weighted by Gasteiger charge is -2.20. The molecule has 12 heavy (non-hydrogen) atoms. The molecule has 0 aromatic heterocycles. The molecule has 4 N–H and O–H groups in total. The number of rotatable bonds is 3. The predicted octanol–water partition coefficient (Wildman–Crippen LogP) is 0.0765. The fraction of sp³-hybridized carbons (Fsp3) is 0.875. The van der Waals surface area contributed by atoms with Crippen LogP contribution in [-0.4, -0.2) is 25.7 Å².